The lowest BCUT2D eigenvalue weighted by molar-refractivity contribution is -0.141. The van der Waals surface area contributed by atoms with Gasteiger partial charge in [0.25, 0.3) is 0 Å². The smallest absolute Gasteiger partial charge is 0.318 e. The first-order valence-corrected chi connectivity index (χ1v) is 7.46. The van der Waals surface area contributed by atoms with Gasteiger partial charge in [0.1, 0.15) is 5.76 Å². The monoisotopic (exact) mass is 292 g/mol. The molecule has 2 aliphatic rings. The zero-order chi connectivity index (χ0) is 14.8. The molecule has 0 bridgehead atoms. The van der Waals surface area contributed by atoms with E-state index in [1.807, 2.05) is 12.1 Å². The number of carbonyl (C=O) groups is 2. The molecule has 6 nitrogen and oxygen atoms in total. The highest BCUT2D eigenvalue weighted by atomic mass is 16.4. The van der Waals surface area contributed by atoms with E-state index in [1.165, 1.54) is 0 Å². The van der Waals surface area contributed by atoms with Gasteiger partial charge in [-0.3, -0.25) is 4.79 Å². The fraction of sp³-hybridized carbons (Fsp3) is 0.600. The molecule has 0 aromatic carbocycles. The number of aliphatic carboxylic acids is 1. The number of nitrogens with one attached hydrogen (secondary N) is 1. The molecular formula is C15H20N2O4. The first-order chi connectivity index (χ1) is 10.1. The number of carboxylic acids is 1. The highest BCUT2D eigenvalue weighted by molar-refractivity contribution is 5.76. The van der Waals surface area contributed by atoms with Crippen molar-refractivity contribution < 1.29 is 19.1 Å². The van der Waals surface area contributed by atoms with Crippen molar-refractivity contribution in [1.82, 2.24) is 10.2 Å². The van der Waals surface area contributed by atoms with E-state index >= 15 is 0 Å². The highest BCUT2D eigenvalue weighted by Gasteiger charge is 2.36. The van der Waals surface area contributed by atoms with E-state index in [0.29, 0.717) is 19.4 Å². The van der Waals surface area contributed by atoms with Crippen LogP contribution in [0.4, 0.5) is 4.79 Å². The summed E-state index contributed by atoms with van der Waals surface area (Å²) in [7, 11) is 0. The Hall–Kier alpha value is -1.98. The van der Waals surface area contributed by atoms with Gasteiger partial charge in [0, 0.05) is 12.1 Å². The summed E-state index contributed by atoms with van der Waals surface area (Å²) < 4.78 is 5.31. The number of hydrogen-bond acceptors (Lipinski definition) is 3. The number of carboxylic acid groups (broad SMARTS) is 1. The lowest BCUT2D eigenvalue weighted by Crippen LogP contribution is -2.44. The predicted molar refractivity (Wildman–Crippen MR) is 74.6 cm³/mol. The van der Waals surface area contributed by atoms with Gasteiger partial charge < -0.3 is 19.7 Å². The van der Waals surface area contributed by atoms with Crippen molar-refractivity contribution in [2.24, 2.45) is 5.92 Å². The van der Waals surface area contributed by atoms with Gasteiger partial charge >= 0.3 is 12.0 Å². The van der Waals surface area contributed by atoms with Crippen molar-refractivity contribution in [2.75, 3.05) is 0 Å². The summed E-state index contributed by atoms with van der Waals surface area (Å²) >= 11 is 0. The fourth-order valence-corrected chi connectivity index (χ4v) is 2.92. The summed E-state index contributed by atoms with van der Waals surface area (Å²) in [5, 5.41) is 12.0. The van der Waals surface area contributed by atoms with E-state index in [0.717, 1.165) is 25.0 Å². The average Bonchev–Trinajstić information content (AvgIpc) is 2.97. The Labute approximate surface area is 123 Å². The summed E-state index contributed by atoms with van der Waals surface area (Å²) in [4.78, 5) is 25.2. The van der Waals surface area contributed by atoms with E-state index in [9.17, 15) is 9.59 Å². The first kappa shape index (κ1) is 14.0. The second-order valence-corrected chi connectivity index (χ2v) is 5.93. The fourth-order valence-electron chi connectivity index (χ4n) is 2.92. The molecule has 0 radical (unpaired) electrons. The SMILES string of the molecule is O=C(O)C1CCC(NC(=O)N(Cc2ccco2)C2CC2)C1. The van der Waals surface area contributed by atoms with Crippen LogP contribution in [0.15, 0.2) is 22.8 Å². The van der Waals surface area contributed by atoms with Crippen LogP contribution in [0.3, 0.4) is 0 Å². The zero-order valence-corrected chi connectivity index (χ0v) is 11.8. The summed E-state index contributed by atoms with van der Waals surface area (Å²) in [5.41, 5.74) is 0. The summed E-state index contributed by atoms with van der Waals surface area (Å²) in [6.07, 6.45) is 5.56. The summed E-state index contributed by atoms with van der Waals surface area (Å²) in [6, 6.07) is 3.82. The van der Waals surface area contributed by atoms with Gasteiger partial charge in [-0.2, -0.15) is 0 Å². The van der Waals surface area contributed by atoms with E-state index in [-0.39, 0.29) is 24.0 Å². The van der Waals surface area contributed by atoms with Crippen LogP contribution in [0.5, 0.6) is 0 Å². The van der Waals surface area contributed by atoms with Crippen molar-refractivity contribution in [3.8, 4) is 0 Å². The van der Waals surface area contributed by atoms with Gasteiger partial charge in [0.15, 0.2) is 0 Å². The van der Waals surface area contributed by atoms with Crippen molar-refractivity contribution in [2.45, 2.75) is 50.7 Å². The molecule has 2 unspecified atom stereocenters. The topological polar surface area (TPSA) is 82.8 Å². The molecule has 114 valence electrons. The van der Waals surface area contributed by atoms with Crippen LogP contribution in [0.2, 0.25) is 0 Å². The Morgan fingerprint density at radius 1 is 1.33 bits per heavy atom. The van der Waals surface area contributed by atoms with Crippen molar-refractivity contribution in [3.63, 3.8) is 0 Å². The minimum absolute atomic E-state index is 0.0311. The Morgan fingerprint density at radius 2 is 2.14 bits per heavy atom. The lowest BCUT2D eigenvalue weighted by atomic mass is 10.1. The number of urea groups is 1. The van der Waals surface area contributed by atoms with Gasteiger partial charge in [0.05, 0.1) is 18.7 Å². The summed E-state index contributed by atoms with van der Waals surface area (Å²) in [5.74, 6) is -0.317. The molecule has 3 rings (SSSR count). The van der Waals surface area contributed by atoms with E-state index in [2.05, 4.69) is 5.32 Å². The normalized spacial score (nSPS) is 24.8. The van der Waals surface area contributed by atoms with Crippen molar-refractivity contribution in [1.29, 1.82) is 0 Å². The molecule has 2 saturated carbocycles. The van der Waals surface area contributed by atoms with Gasteiger partial charge in [-0.1, -0.05) is 0 Å². The van der Waals surface area contributed by atoms with Crippen LogP contribution in [0.25, 0.3) is 0 Å². The third-order valence-corrected chi connectivity index (χ3v) is 4.26. The predicted octanol–water partition coefficient (Wildman–Crippen LogP) is 2.21. The van der Waals surface area contributed by atoms with Crippen LogP contribution >= 0.6 is 0 Å². The minimum Gasteiger partial charge on any atom is -0.481 e. The maximum Gasteiger partial charge on any atom is 0.318 e. The molecular weight excluding hydrogens is 272 g/mol. The molecule has 1 aromatic heterocycles. The van der Waals surface area contributed by atoms with Crippen LogP contribution in [-0.2, 0) is 11.3 Å². The standard InChI is InChI=1S/C15H20N2O4/c18-14(19)10-3-4-11(8-10)16-15(20)17(12-5-6-12)9-13-2-1-7-21-13/h1-2,7,10-12H,3-6,8-9H2,(H,16,20)(H,18,19). The Balaban J connectivity index is 1.56. The maximum absolute atomic E-state index is 12.4. The molecule has 0 spiro atoms. The first-order valence-electron chi connectivity index (χ1n) is 7.46. The molecule has 1 aromatic rings. The van der Waals surface area contributed by atoms with Crippen LogP contribution in [-0.4, -0.2) is 34.1 Å². The van der Waals surface area contributed by atoms with E-state index in [4.69, 9.17) is 9.52 Å². The second-order valence-electron chi connectivity index (χ2n) is 5.93. The average molecular weight is 292 g/mol. The molecule has 0 aliphatic heterocycles. The van der Waals surface area contributed by atoms with Gasteiger partial charge in [-0.05, 0) is 44.2 Å². The second kappa shape index (κ2) is 5.79. The molecule has 2 aliphatic carbocycles. The molecule has 6 heteroatoms. The molecule has 2 atom stereocenters. The molecule has 2 N–H and O–H groups in total. The Kier molecular flexibility index (Phi) is 3.86. The van der Waals surface area contributed by atoms with Crippen LogP contribution < -0.4 is 5.32 Å². The summed E-state index contributed by atoms with van der Waals surface area (Å²) in [6.45, 7) is 0.471. The Morgan fingerprint density at radius 3 is 2.71 bits per heavy atom. The van der Waals surface area contributed by atoms with Gasteiger partial charge in [0.2, 0.25) is 0 Å². The zero-order valence-electron chi connectivity index (χ0n) is 11.8. The third-order valence-electron chi connectivity index (χ3n) is 4.26. The number of hydrogen-bond donors (Lipinski definition) is 2. The molecule has 1 heterocycles. The largest absolute Gasteiger partial charge is 0.481 e. The van der Waals surface area contributed by atoms with Crippen LogP contribution in [0, 0.1) is 5.92 Å². The highest BCUT2D eigenvalue weighted by Crippen LogP contribution is 2.30. The minimum atomic E-state index is -0.763. The van der Waals surface area contributed by atoms with Crippen molar-refractivity contribution >= 4 is 12.0 Å². The Bertz CT molecular complexity index is 510. The quantitative estimate of drug-likeness (QED) is 0.871. The maximum atomic E-state index is 12.4. The van der Waals surface area contributed by atoms with Gasteiger partial charge in [-0.15, -0.1) is 0 Å². The van der Waals surface area contributed by atoms with E-state index in [1.54, 1.807) is 11.2 Å². The number of nitrogens with zero attached hydrogens (tertiary/aromatic N) is 1. The molecule has 0 saturated heterocycles. The number of furan rings is 1. The van der Waals surface area contributed by atoms with Crippen LogP contribution in [0.1, 0.15) is 37.9 Å². The number of rotatable bonds is 5. The van der Waals surface area contributed by atoms with Gasteiger partial charge in [-0.25, -0.2) is 4.79 Å². The number of amides is 2. The molecule has 21 heavy (non-hydrogen) atoms. The van der Waals surface area contributed by atoms with E-state index < -0.39 is 5.97 Å². The third kappa shape index (κ3) is 3.37. The lowest BCUT2D eigenvalue weighted by Gasteiger charge is -2.24. The molecule has 2 fully saturated rings. The number of carbonyl (C=O) groups excluding carboxylic acids is 1. The van der Waals surface area contributed by atoms with Crippen molar-refractivity contribution in [3.05, 3.63) is 24.2 Å². The molecule has 2 amide bonds.